The van der Waals surface area contributed by atoms with Gasteiger partial charge >= 0.3 is 0 Å². The Morgan fingerprint density at radius 3 is 2.80 bits per heavy atom. The molecule has 0 spiro atoms. The minimum Gasteiger partial charge on any atom is -0.369 e. The van der Waals surface area contributed by atoms with E-state index in [0.717, 1.165) is 37.9 Å². The summed E-state index contributed by atoms with van der Waals surface area (Å²) in [6, 6.07) is 2.13. The van der Waals surface area contributed by atoms with E-state index in [-0.39, 0.29) is 12.3 Å². The lowest BCUT2D eigenvalue weighted by Crippen LogP contribution is -2.16. The van der Waals surface area contributed by atoms with Crippen molar-refractivity contribution in [1.29, 1.82) is 5.26 Å². The molecule has 1 heterocycles. The fraction of sp³-hybridized carbons (Fsp3) is 0.714. The van der Waals surface area contributed by atoms with Crippen molar-refractivity contribution in [1.82, 2.24) is 15.0 Å². The smallest absolute Gasteiger partial charge is 0.223 e. The SMILES string of the molecule is CC(C)CCc1c(CC(N)=O)nnn1CCCCC#N. The van der Waals surface area contributed by atoms with E-state index in [1.54, 1.807) is 0 Å². The first-order valence-corrected chi connectivity index (χ1v) is 7.11. The number of nitriles is 1. The molecule has 20 heavy (non-hydrogen) atoms. The van der Waals surface area contributed by atoms with E-state index >= 15 is 0 Å². The van der Waals surface area contributed by atoms with Crippen LogP contribution in [-0.2, 0) is 24.2 Å². The van der Waals surface area contributed by atoms with E-state index < -0.39 is 0 Å². The third-order valence-electron chi connectivity index (χ3n) is 3.13. The predicted molar refractivity (Wildman–Crippen MR) is 75.5 cm³/mol. The topological polar surface area (TPSA) is 97.6 Å². The molecular weight excluding hydrogens is 254 g/mol. The molecule has 0 saturated heterocycles. The number of unbranched alkanes of at least 4 members (excludes halogenated alkanes) is 2. The molecule has 2 N–H and O–H groups in total. The number of hydrogen-bond donors (Lipinski definition) is 1. The minimum absolute atomic E-state index is 0.144. The molecule has 1 aromatic heterocycles. The number of primary amides is 1. The van der Waals surface area contributed by atoms with Crippen molar-refractivity contribution in [3.8, 4) is 6.07 Å². The first-order valence-electron chi connectivity index (χ1n) is 7.11. The largest absolute Gasteiger partial charge is 0.369 e. The highest BCUT2D eigenvalue weighted by Crippen LogP contribution is 2.14. The number of rotatable bonds is 9. The van der Waals surface area contributed by atoms with Gasteiger partial charge in [0, 0.05) is 13.0 Å². The van der Waals surface area contributed by atoms with Crippen LogP contribution >= 0.6 is 0 Å². The zero-order valence-corrected chi connectivity index (χ0v) is 12.3. The van der Waals surface area contributed by atoms with Crippen LogP contribution in [0, 0.1) is 17.2 Å². The zero-order chi connectivity index (χ0) is 15.0. The molecule has 6 nitrogen and oxygen atoms in total. The highest BCUT2D eigenvalue weighted by Gasteiger charge is 2.15. The summed E-state index contributed by atoms with van der Waals surface area (Å²) < 4.78 is 1.86. The van der Waals surface area contributed by atoms with Gasteiger partial charge in [0.05, 0.1) is 23.9 Å². The first-order chi connectivity index (χ1) is 9.54. The van der Waals surface area contributed by atoms with E-state index in [1.807, 2.05) is 4.68 Å². The van der Waals surface area contributed by atoms with Gasteiger partial charge in [0.25, 0.3) is 0 Å². The Morgan fingerprint density at radius 2 is 2.20 bits per heavy atom. The van der Waals surface area contributed by atoms with Crippen LogP contribution in [0.25, 0.3) is 0 Å². The fourth-order valence-electron chi connectivity index (χ4n) is 2.02. The standard InChI is InChI=1S/C14H23N5O/c1-11(2)6-7-13-12(10-14(16)20)17-18-19(13)9-5-3-4-8-15/h11H,3-7,9-10H2,1-2H3,(H2,16,20). The Morgan fingerprint density at radius 1 is 1.45 bits per heavy atom. The summed E-state index contributed by atoms with van der Waals surface area (Å²) in [4.78, 5) is 11.1. The normalized spacial score (nSPS) is 10.7. The number of nitrogens with zero attached hydrogens (tertiary/aromatic N) is 4. The van der Waals surface area contributed by atoms with Crippen LogP contribution in [0.5, 0.6) is 0 Å². The number of amides is 1. The van der Waals surface area contributed by atoms with E-state index in [1.165, 1.54) is 0 Å². The maximum atomic E-state index is 11.1. The molecule has 0 saturated carbocycles. The molecule has 1 amide bonds. The van der Waals surface area contributed by atoms with Crippen LogP contribution in [0.3, 0.4) is 0 Å². The highest BCUT2D eigenvalue weighted by molar-refractivity contribution is 5.76. The molecule has 0 aliphatic carbocycles. The number of aryl methyl sites for hydroxylation is 1. The summed E-state index contributed by atoms with van der Waals surface area (Å²) in [6.07, 6.45) is 4.32. The van der Waals surface area contributed by atoms with Crippen molar-refractivity contribution < 1.29 is 4.79 Å². The fourth-order valence-corrected chi connectivity index (χ4v) is 2.02. The van der Waals surface area contributed by atoms with Gasteiger partial charge in [-0.05, 0) is 31.6 Å². The van der Waals surface area contributed by atoms with E-state index in [2.05, 4.69) is 30.2 Å². The van der Waals surface area contributed by atoms with Crippen molar-refractivity contribution in [3.05, 3.63) is 11.4 Å². The lowest BCUT2D eigenvalue weighted by atomic mass is 10.0. The summed E-state index contributed by atoms with van der Waals surface area (Å²) in [5.41, 5.74) is 6.95. The van der Waals surface area contributed by atoms with Crippen molar-refractivity contribution in [2.45, 2.75) is 58.9 Å². The molecule has 0 aliphatic heterocycles. The predicted octanol–water partition coefficient (Wildman–Crippen LogP) is 1.59. The van der Waals surface area contributed by atoms with Crippen LogP contribution in [-0.4, -0.2) is 20.9 Å². The lowest BCUT2D eigenvalue weighted by Gasteiger charge is -2.09. The van der Waals surface area contributed by atoms with Crippen LogP contribution in [0.15, 0.2) is 0 Å². The Labute approximate surface area is 120 Å². The molecule has 0 aromatic carbocycles. The third kappa shape index (κ3) is 5.39. The monoisotopic (exact) mass is 277 g/mol. The maximum Gasteiger partial charge on any atom is 0.223 e. The molecule has 1 aromatic rings. The quantitative estimate of drug-likeness (QED) is 0.693. The number of carbonyl (C=O) groups is 1. The zero-order valence-electron chi connectivity index (χ0n) is 12.3. The Kier molecular flexibility index (Phi) is 6.71. The van der Waals surface area contributed by atoms with Gasteiger partial charge in [0.2, 0.25) is 5.91 Å². The second kappa shape index (κ2) is 8.31. The van der Waals surface area contributed by atoms with Crippen molar-refractivity contribution in [3.63, 3.8) is 0 Å². The molecule has 6 heteroatoms. The summed E-state index contributed by atoms with van der Waals surface area (Å²) in [5.74, 6) is 0.200. The molecule has 0 atom stereocenters. The van der Waals surface area contributed by atoms with E-state index in [9.17, 15) is 4.79 Å². The van der Waals surface area contributed by atoms with Gasteiger partial charge in [-0.25, -0.2) is 4.68 Å². The van der Waals surface area contributed by atoms with Gasteiger partial charge in [-0.2, -0.15) is 5.26 Å². The van der Waals surface area contributed by atoms with Crippen molar-refractivity contribution >= 4 is 5.91 Å². The van der Waals surface area contributed by atoms with Crippen molar-refractivity contribution in [2.24, 2.45) is 11.7 Å². The highest BCUT2D eigenvalue weighted by atomic mass is 16.1. The van der Waals surface area contributed by atoms with Crippen LogP contribution in [0.4, 0.5) is 0 Å². The number of hydrogen-bond acceptors (Lipinski definition) is 4. The van der Waals surface area contributed by atoms with Gasteiger partial charge in [-0.15, -0.1) is 5.10 Å². The van der Waals surface area contributed by atoms with Gasteiger partial charge < -0.3 is 5.73 Å². The van der Waals surface area contributed by atoms with E-state index in [4.69, 9.17) is 11.0 Å². The molecule has 0 radical (unpaired) electrons. The maximum absolute atomic E-state index is 11.1. The molecule has 110 valence electrons. The molecule has 0 bridgehead atoms. The van der Waals surface area contributed by atoms with Crippen molar-refractivity contribution in [2.75, 3.05) is 0 Å². The van der Waals surface area contributed by atoms with Gasteiger partial charge in [0.1, 0.15) is 0 Å². The second-order valence-corrected chi connectivity index (χ2v) is 5.40. The third-order valence-corrected chi connectivity index (χ3v) is 3.13. The Hall–Kier alpha value is -1.90. The number of carbonyl (C=O) groups excluding carboxylic acids is 1. The molecule has 1 rings (SSSR count). The minimum atomic E-state index is -0.382. The summed E-state index contributed by atoms with van der Waals surface area (Å²) in [5, 5.41) is 16.7. The number of aromatic nitrogens is 3. The van der Waals surface area contributed by atoms with Crippen LogP contribution < -0.4 is 5.73 Å². The molecule has 0 unspecified atom stereocenters. The summed E-state index contributed by atoms with van der Waals surface area (Å²) in [6.45, 7) is 5.06. The summed E-state index contributed by atoms with van der Waals surface area (Å²) in [7, 11) is 0. The Bertz CT molecular complexity index is 472. The van der Waals surface area contributed by atoms with Crippen LogP contribution in [0.2, 0.25) is 0 Å². The average Bonchev–Trinajstić information content (AvgIpc) is 2.74. The summed E-state index contributed by atoms with van der Waals surface area (Å²) >= 11 is 0. The van der Waals surface area contributed by atoms with E-state index in [0.29, 0.717) is 18.0 Å². The first kappa shape index (κ1) is 16.2. The van der Waals surface area contributed by atoms with Gasteiger partial charge in [-0.1, -0.05) is 19.1 Å². The number of nitrogens with two attached hydrogens (primary N) is 1. The molecular formula is C14H23N5O. The van der Waals surface area contributed by atoms with Crippen LogP contribution in [0.1, 0.15) is 50.9 Å². The van der Waals surface area contributed by atoms with Gasteiger partial charge in [0.15, 0.2) is 0 Å². The molecule has 0 fully saturated rings. The molecule has 0 aliphatic rings. The second-order valence-electron chi connectivity index (χ2n) is 5.40. The Balaban J connectivity index is 2.73. The lowest BCUT2D eigenvalue weighted by molar-refractivity contribution is -0.117. The average molecular weight is 277 g/mol. The van der Waals surface area contributed by atoms with Gasteiger partial charge in [-0.3, -0.25) is 4.79 Å².